The molecule has 0 bridgehead atoms. The number of para-hydroxylation sites is 2. The number of anilines is 1. The Hall–Kier alpha value is -2.33. The third-order valence-electron chi connectivity index (χ3n) is 3.36. The van der Waals surface area contributed by atoms with Crippen LogP contribution in [0.5, 0.6) is 5.75 Å². The van der Waals surface area contributed by atoms with Crippen molar-refractivity contribution >= 4 is 11.6 Å². The number of amides is 1. The van der Waals surface area contributed by atoms with E-state index in [0.29, 0.717) is 18.0 Å². The van der Waals surface area contributed by atoms with Gasteiger partial charge < -0.3 is 15.4 Å². The zero-order chi connectivity index (χ0) is 15.1. The first-order chi connectivity index (χ1) is 10.2. The molecule has 0 fully saturated rings. The molecule has 110 valence electrons. The van der Waals surface area contributed by atoms with Crippen molar-refractivity contribution in [2.24, 2.45) is 0 Å². The molecule has 0 aliphatic carbocycles. The van der Waals surface area contributed by atoms with E-state index in [1.807, 2.05) is 47.8 Å². The number of rotatable bonds is 6. The number of benzene rings is 2. The first-order valence-corrected chi connectivity index (χ1v) is 7.02. The molecule has 2 rings (SSSR count). The largest absolute Gasteiger partial charge is 0.495 e. The van der Waals surface area contributed by atoms with Crippen molar-refractivity contribution in [2.45, 2.75) is 13.0 Å². The number of ether oxygens (including phenoxy) is 1. The summed E-state index contributed by atoms with van der Waals surface area (Å²) in [4.78, 5) is 12.0. The van der Waals surface area contributed by atoms with Crippen molar-refractivity contribution in [3.8, 4) is 5.75 Å². The van der Waals surface area contributed by atoms with Gasteiger partial charge in [0.05, 0.1) is 12.8 Å². The standard InChI is InChI=1S/C17H20N2O2/c1-13(14-8-4-3-5-9-14)18-12-17(20)19-15-10-6-7-11-16(15)21-2/h3-11,13,18H,12H2,1-2H3,(H,19,20)/p+1/t13-/m0/s1. The second-order valence-electron chi connectivity index (χ2n) is 4.89. The van der Waals surface area contributed by atoms with E-state index >= 15 is 0 Å². The molecule has 2 aromatic carbocycles. The lowest BCUT2D eigenvalue weighted by Crippen LogP contribution is -2.86. The van der Waals surface area contributed by atoms with Crippen molar-refractivity contribution < 1.29 is 14.8 Å². The lowest BCUT2D eigenvalue weighted by Gasteiger charge is -2.12. The van der Waals surface area contributed by atoms with Gasteiger partial charge in [-0.3, -0.25) is 4.79 Å². The minimum absolute atomic E-state index is 0.0396. The van der Waals surface area contributed by atoms with Crippen LogP contribution in [0.4, 0.5) is 5.69 Å². The van der Waals surface area contributed by atoms with Crippen LogP contribution in [-0.4, -0.2) is 19.6 Å². The van der Waals surface area contributed by atoms with E-state index in [1.165, 1.54) is 5.56 Å². The predicted molar refractivity (Wildman–Crippen MR) is 83.3 cm³/mol. The van der Waals surface area contributed by atoms with Gasteiger partial charge in [-0.15, -0.1) is 0 Å². The predicted octanol–water partition coefficient (Wildman–Crippen LogP) is 1.96. The van der Waals surface area contributed by atoms with Crippen LogP contribution in [0.2, 0.25) is 0 Å². The number of nitrogens with one attached hydrogen (secondary N) is 1. The zero-order valence-electron chi connectivity index (χ0n) is 12.4. The van der Waals surface area contributed by atoms with Gasteiger partial charge in [0, 0.05) is 5.56 Å². The Morgan fingerprint density at radius 3 is 2.52 bits per heavy atom. The minimum Gasteiger partial charge on any atom is -0.495 e. The number of carbonyl (C=O) groups excluding carboxylic acids is 1. The van der Waals surface area contributed by atoms with E-state index in [0.717, 1.165) is 0 Å². The molecule has 4 nitrogen and oxygen atoms in total. The van der Waals surface area contributed by atoms with Gasteiger partial charge in [0.2, 0.25) is 0 Å². The van der Waals surface area contributed by atoms with Crippen molar-refractivity contribution in [1.82, 2.24) is 0 Å². The smallest absolute Gasteiger partial charge is 0.279 e. The summed E-state index contributed by atoms with van der Waals surface area (Å²) in [5, 5.41) is 4.89. The second kappa shape index (κ2) is 7.45. The van der Waals surface area contributed by atoms with Gasteiger partial charge in [-0.25, -0.2) is 0 Å². The Labute approximate surface area is 125 Å². The second-order valence-corrected chi connectivity index (χ2v) is 4.89. The van der Waals surface area contributed by atoms with E-state index in [4.69, 9.17) is 4.74 Å². The first kappa shape index (κ1) is 15.1. The van der Waals surface area contributed by atoms with Crippen LogP contribution >= 0.6 is 0 Å². The fourth-order valence-electron chi connectivity index (χ4n) is 2.13. The van der Waals surface area contributed by atoms with Crippen molar-refractivity contribution in [2.75, 3.05) is 19.0 Å². The molecule has 2 aromatic rings. The first-order valence-electron chi connectivity index (χ1n) is 7.02. The highest BCUT2D eigenvalue weighted by Gasteiger charge is 2.12. The highest BCUT2D eigenvalue weighted by Crippen LogP contribution is 2.22. The summed E-state index contributed by atoms with van der Waals surface area (Å²) in [6.45, 7) is 2.46. The summed E-state index contributed by atoms with van der Waals surface area (Å²) >= 11 is 0. The topological polar surface area (TPSA) is 54.9 Å². The molecule has 0 aromatic heterocycles. The van der Waals surface area contributed by atoms with Crippen LogP contribution in [0.1, 0.15) is 18.5 Å². The molecular formula is C17H21N2O2+. The van der Waals surface area contributed by atoms with Gasteiger partial charge in [0.1, 0.15) is 11.8 Å². The Bertz CT molecular complexity index is 584. The molecule has 0 spiro atoms. The van der Waals surface area contributed by atoms with Gasteiger partial charge in [0.25, 0.3) is 5.91 Å². The molecular weight excluding hydrogens is 264 g/mol. The number of hydrogen-bond acceptors (Lipinski definition) is 2. The van der Waals surface area contributed by atoms with Gasteiger partial charge in [0.15, 0.2) is 6.54 Å². The van der Waals surface area contributed by atoms with Crippen LogP contribution < -0.4 is 15.4 Å². The highest BCUT2D eigenvalue weighted by atomic mass is 16.5. The van der Waals surface area contributed by atoms with E-state index in [-0.39, 0.29) is 11.9 Å². The Morgan fingerprint density at radius 2 is 1.81 bits per heavy atom. The third-order valence-corrected chi connectivity index (χ3v) is 3.36. The number of carbonyl (C=O) groups is 1. The van der Waals surface area contributed by atoms with Crippen LogP contribution in [0.25, 0.3) is 0 Å². The van der Waals surface area contributed by atoms with Gasteiger partial charge in [-0.05, 0) is 19.1 Å². The quantitative estimate of drug-likeness (QED) is 0.852. The molecule has 0 radical (unpaired) electrons. The molecule has 0 saturated carbocycles. The van der Waals surface area contributed by atoms with Crippen molar-refractivity contribution in [1.29, 1.82) is 0 Å². The van der Waals surface area contributed by atoms with Crippen molar-refractivity contribution in [3.63, 3.8) is 0 Å². The molecule has 0 saturated heterocycles. The van der Waals surface area contributed by atoms with Crippen LogP contribution in [0.15, 0.2) is 54.6 Å². The fraction of sp³-hybridized carbons (Fsp3) is 0.235. The number of quaternary nitrogens is 1. The van der Waals surface area contributed by atoms with E-state index < -0.39 is 0 Å². The summed E-state index contributed by atoms with van der Waals surface area (Å²) in [5.74, 6) is 0.629. The molecule has 1 amide bonds. The van der Waals surface area contributed by atoms with Crippen molar-refractivity contribution in [3.05, 3.63) is 60.2 Å². The molecule has 1 atom stereocenters. The summed E-state index contributed by atoms with van der Waals surface area (Å²) in [7, 11) is 1.59. The lowest BCUT2D eigenvalue weighted by atomic mass is 10.1. The summed E-state index contributed by atoms with van der Waals surface area (Å²) in [6, 6.07) is 17.8. The molecule has 21 heavy (non-hydrogen) atoms. The minimum atomic E-state index is -0.0396. The highest BCUT2D eigenvalue weighted by molar-refractivity contribution is 5.92. The van der Waals surface area contributed by atoms with Crippen LogP contribution in [0, 0.1) is 0 Å². The molecule has 0 heterocycles. The van der Waals surface area contributed by atoms with Crippen LogP contribution in [0.3, 0.4) is 0 Å². The average molecular weight is 285 g/mol. The maximum absolute atomic E-state index is 12.0. The molecule has 0 aliphatic heterocycles. The van der Waals surface area contributed by atoms with Gasteiger partial charge in [-0.1, -0.05) is 42.5 Å². The maximum Gasteiger partial charge on any atom is 0.279 e. The Kier molecular flexibility index (Phi) is 5.35. The lowest BCUT2D eigenvalue weighted by molar-refractivity contribution is -0.682. The van der Waals surface area contributed by atoms with E-state index in [2.05, 4.69) is 24.4 Å². The summed E-state index contributed by atoms with van der Waals surface area (Å²) in [6.07, 6.45) is 0. The monoisotopic (exact) mass is 285 g/mol. The van der Waals surface area contributed by atoms with E-state index in [9.17, 15) is 4.79 Å². The number of hydrogen-bond donors (Lipinski definition) is 2. The Balaban J connectivity index is 1.88. The molecule has 3 N–H and O–H groups in total. The third kappa shape index (κ3) is 4.33. The molecule has 0 aliphatic rings. The average Bonchev–Trinajstić information content (AvgIpc) is 2.54. The number of nitrogens with two attached hydrogens (primary N) is 1. The molecule has 4 heteroatoms. The SMILES string of the molecule is COc1ccccc1NC(=O)C[NH2+][C@@H](C)c1ccccc1. The van der Waals surface area contributed by atoms with Gasteiger partial charge in [-0.2, -0.15) is 0 Å². The van der Waals surface area contributed by atoms with Crippen LogP contribution in [-0.2, 0) is 4.79 Å². The fourth-order valence-corrected chi connectivity index (χ4v) is 2.13. The Morgan fingerprint density at radius 1 is 1.14 bits per heavy atom. The summed E-state index contributed by atoms with van der Waals surface area (Å²) < 4.78 is 5.22. The zero-order valence-corrected chi connectivity index (χ0v) is 12.4. The van der Waals surface area contributed by atoms with Gasteiger partial charge >= 0.3 is 0 Å². The molecule has 0 unspecified atom stereocenters. The normalized spacial score (nSPS) is 11.7. The number of methoxy groups -OCH3 is 1. The summed E-state index contributed by atoms with van der Waals surface area (Å²) in [5.41, 5.74) is 1.91. The van der Waals surface area contributed by atoms with E-state index in [1.54, 1.807) is 7.11 Å². The maximum atomic E-state index is 12.0.